The van der Waals surface area contributed by atoms with E-state index in [2.05, 4.69) is 9.82 Å². The largest absolute Gasteiger partial charge is 0.280 e. The van der Waals surface area contributed by atoms with Crippen LogP contribution in [-0.2, 0) is 10.0 Å². The molecule has 0 fully saturated rings. The number of hydrogen-bond acceptors (Lipinski definition) is 3. The summed E-state index contributed by atoms with van der Waals surface area (Å²) in [7, 11) is -3.67. The highest BCUT2D eigenvalue weighted by Crippen LogP contribution is 2.26. The van der Waals surface area contributed by atoms with Crippen molar-refractivity contribution in [1.82, 2.24) is 9.78 Å². The van der Waals surface area contributed by atoms with Gasteiger partial charge in [-0.1, -0.05) is 40.9 Å². The number of halogens is 2. The van der Waals surface area contributed by atoms with Crippen LogP contribution in [0.1, 0.15) is 5.56 Å². The van der Waals surface area contributed by atoms with Gasteiger partial charge in [-0.05, 0) is 37.3 Å². The number of sulfonamides is 1. The molecule has 0 aliphatic rings. The Bertz CT molecular complexity index is 983. The molecule has 0 saturated carbocycles. The first-order chi connectivity index (χ1) is 11.3. The lowest BCUT2D eigenvalue weighted by molar-refractivity contribution is 0.601. The summed E-state index contributed by atoms with van der Waals surface area (Å²) >= 11 is 12.1. The van der Waals surface area contributed by atoms with E-state index >= 15 is 0 Å². The fourth-order valence-corrected chi connectivity index (χ4v) is 3.57. The molecule has 0 radical (unpaired) electrons. The molecule has 0 spiro atoms. The second-order valence-electron chi connectivity index (χ2n) is 5.19. The molecule has 0 unspecified atom stereocenters. The Kier molecular flexibility index (Phi) is 4.54. The Morgan fingerprint density at radius 2 is 1.79 bits per heavy atom. The van der Waals surface area contributed by atoms with Gasteiger partial charge in [0.25, 0.3) is 10.0 Å². The van der Waals surface area contributed by atoms with Crippen molar-refractivity contribution in [3.8, 4) is 5.69 Å². The van der Waals surface area contributed by atoms with E-state index in [-0.39, 0.29) is 4.90 Å². The summed E-state index contributed by atoms with van der Waals surface area (Å²) in [5.74, 6) is 0. The zero-order chi connectivity index (χ0) is 17.3. The van der Waals surface area contributed by atoms with Crippen molar-refractivity contribution in [3.63, 3.8) is 0 Å². The number of hydrogen-bond donors (Lipinski definition) is 1. The lowest BCUT2D eigenvalue weighted by Gasteiger charge is -2.10. The standard InChI is InChI=1S/C16H13Cl2N3O2S/c1-11-2-5-14(6-3-11)24(22,23)20-13-4-7-16(15(18)8-13)21-10-12(17)9-19-21/h2-10,20H,1H3. The maximum Gasteiger partial charge on any atom is 0.261 e. The average Bonchev–Trinajstić information content (AvgIpc) is 2.93. The maximum atomic E-state index is 12.4. The molecule has 5 nitrogen and oxygen atoms in total. The van der Waals surface area contributed by atoms with Gasteiger partial charge in [0.1, 0.15) is 0 Å². The van der Waals surface area contributed by atoms with Crippen LogP contribution in [0.4, 0.5) is 5.69 Å². The van der Waals surface area contributed by atoms with E-state index in [0.717, 1.165) is 5.56 Å². The maximum absolute atomic E-state index is 12.4. The zero-order valence-electron chi connectivity index (χ0n) is 12.6. The highest BCUT2D eigenvalue weighted by molar-refractivity contribution is 7.92. The Morgan fingerprint density at radius 3 is 2.38 bits per heavy atom. The number of nitrogens with one attached hydrogen (secondary N) is 1. The van der Waals surface area contributed by atoms with Crippen LogP contribution in [0.5, 0.6) is 0 Å². The highest BCUT2D eigenvalue weighted by Gasteiger charge is 2.15. The van der Waals surface area contributed by atoms with Gasteiger partial charge in [-0.15, -0.1) is 0 Å². The van der Waals surface area contributed by atoms with Gasteiger partial charge in [-0.2, -0.15) is 5.10 Å². The van der Waals surface area contributed by atoms with Crippen LogP contribution < -0.4 is 4.72 Å². The van der Waals surface area contributed by atoms with Crippen LogP contribution in [0.3, 0.4) is 0 Å². The minimum absolute atomic E-state index is 0.187. The van der Waals surface area contributed by atoms with Crippen molar-refractivity contribution in [2.45, 2.75) is 11.8 Å². The smallest absolute Gasteiger partial charge is 0.261 e. The number of rotatable bonds is 4. The molecular weight excluding hydrogens is 369 g/mol. The van der Waals surface area contributed by atoms with E-state index in [4.69, 9.17) is 23.2 Å². The van der Waals surface area contributed by atoms with Crippen LogP contribution in [0.25, 0.3) is 5.69 Å². The number of anilines is 1. The van der Waals surface area contributed by atoms with Gasteiger partial charge in [-0.25, -0.2) is 13.1 Å². The second kappa shape index (κ2) is 6.47. The van der Waals surface area contributed by atoms with Gasteiger partial charge in [0, 0.05) is 6.20 Å². The van der Waals surface area contributed by atoms with Crippen molar-refractivity contribution in [1.29, 1.82) is 0 Å². The molecular formula is C16H13Cl2N3O2S. The molecule has 1 heterocycles. The van der Waals surface area contributed by atoms with Gasteiger partial charge in [0.2, 0.25) is 0 Å². The van der Waals surface area contributed by atoms with Crippen molar-refractivity contribution in [3.05, 3.63) is 70.5 Å². The first kappa shape index (κ1) is 16.8. The summed E-state index contributed by atoms with van der Waals surface area (Å²) in [5, 5.41) is 4.90. The molecule has 0 aliphatic heterocycles. The van der Waals surface area contributed by atoms with Gasteiger partial charge in [-0.3, -0.25) is 4.72 Å². The van der Waals surface area contributed by atoms with Crippen molar-refractivity contribution < 1.29 is 8.42 Å². The molecule has 8 heteroatoms. The molecule has 2 aromatic carbocycles. The van der Waals surface area contributed by atoms with Gasteiger partial charge in [0.05, 0.1) is 32.5 Å². The number of nitrogens with zero attached hydrogens (tertiary/aromatic N) is 2. The van der Waals surface area contributed by atoms with Crippen molar-refractivity contribution in [2.24, 2.45) is 0 Å². The minimum Gasteiger partial charge on any atom is -0.280 e. The summed E-state index contributed by atoms with van der Waals surface area (Å²) in [4.78, 5) is 0.187. The van der Waals surface area contributed by atoms with Crippen LogP contribution in [0, 0.1) is 6.92 Å². The Hall–Kier alpha value is -2.02. The molecule has 0 bridgehead atoms. The van der Waals surface area contributed by atoms with Crippen LogP contribution >= 0.6 is 23.2 Å². The monoisotopic (exact) mass is 381 g/mol. The first-order valence-electron chi connectivity index (χ1n) is 6.95. The van der Waals surface area contributed by atoms with Crippen molar-refractivity contribution >= 4 is 38.9 Å². The predicted octanol–water partition coefficient (Wildman–Crippen LogP) is 4.29. The van der Waals surface area contributed by atoms with E-state index in [0.29, 0.717) is 21.4 Å². The van der Waals surface area contributed by atoms with Gasteiger partial charge < -0.3 is 0 Å². The molecule has 3 aromatic rings. The Labute approximate surface area is 149 Å². The number of aryl methyl sites for hydroxylation is 1. The molecule has 1 N–H and O–H groups in total. The van der Waals surface area contributed by atoms with Gasteiger partial charge in [0.15, 0.2) is 0 Å². The lowest BCUT2D eigenvalue weighted by Crippen LogP contribution is -2.13. The van der Waals surface area contributed by atoms with E-state index in [1.54, 1.807) is 42.6 Å². The third kappa shape index (κ3) is 3.56. The quantitative estimate of drug-likeness (QED) is 0.732. The van der Waals surface area contributed by atoms with E-state index in [1.807, 2.05) is 6.92 Å². The SMILES string of the molecule is Cc1ccc(S(=O)(=O)Nc2ccc(-n3cc(Cl)cn3)c(Cl)c2)cc1. The van der Waals surface area contributed by atoms with E-state index < -0.39 is 10.0 Å². The number of aromatic nitrogens is 2. The topological polar surface area (TPSA) is 64.0 Å². The van der Waals surface area contributed by atoms with Crippen LogP contribution in [0.15, 0.2) is 59.8 Å². The fraction of sp³-hybridized carbons (Fsp3) is 0.0625. The van der Waals surface area contributed by atoms with Crippen LogP contribution in [-0.4, -0.2) is 18.2 Å². The Morgan fingerprint density at radius 1 is 1.08 bits per heavy atom. The first-order valence-corrected chi connectivity index (χ1v) is 9.19. The summed E-state index contributed by atoms with van der Waals surface area (Å²) in [5.41, 5.74) is 1.95. The molecule has 0 amide bonds. The molecule has 0 saturated heterocycles. The predicted molar refractivity (Wildman–Crippen MR) is 95.6 cm³/mol. The van der Waals surface area contributed by atoms with Gasteiger partial charge >= 0.3 is 0 Å². The molecule has 1 aromatic heterocycles. The molecule has 124 valence electrons. The molecule has 24 heavy (non-hydrogen) atoms. The average molecular weight is 382 g/mol. The Balaban J connectivity index is 1.88. The normalized spacial score (nSPS) is 11.5. The second-order valence-corrected chi connectivity index (χ2v) is 7.71. The zero-order valence-corrected chi connectivity index (χ0v) is 14.9. The van der Waals surface area contributed by atoms with E-state index in [9.17, 15) is 8.42 Å². The van der Waals surface area contributed by atoms with Crippen LogP contribution in [0.2, 0.25) is 10.0 Å². The fourth-order valence-electron chi connectivity index (χ4n) is 2.12. The van der Waals surface area contributed by atoms with E-state index in [1.165, 1.54) is 16.9 Å². The summed E-state index contributed by atoms with van der Waals surface area (Å²) in [6.07, 6.45) is 3.10. The summed E-state index contributed by atoms with van der Waals surface area (Å²) in [6.45, 7) is 1.89. The number of benzene rings is 2. The highest BCUT2D eigenvalue weighted by atomic mass is 35.5. The summed E-state index contributed by atoms with van der Waals surface area (Å²) in [6, 6.07) is 11.4. The molecule has 3 rings (SSSR count). The third-order valence-corrected chi connectivity index (χ3v) is 5.22. The molecule has 0 atom stereocenters. The molecule has 0 aliphatic carbocycles. The third-order valence-electron chi connectivity index (χ3n) is 3.33. The van der Waals surface area contributed by atoms with Crippen molar-refractivity contribution in [2.75, 3.05) is 4.72 Å². The summed E-state index contributed by atoms with van der Waals surface area (Å²) < 4.78 is 28.8. The lowest BCUT2D eigenvalue weighted by atomic mass is 10.2. The minimum atomic E-state index is -3.67.